The van der Waals surface area contributed by atoms with Crippen LogP contribution in [-0.2, 0) is 4.79 Å². The van der Waals surface area contributed by atoms with Gasteiger partial charge in [-0.1, -0.05) is 0 Å². The Kier molecular flexibility index (Phi) is 3.14. The number of hydrogen-bond donors (Lipinski definition) is 1. The lowest BCUT2D eigenvalue weighted by atomic mass is 10.2. The Labute approximate surface area is 103 Å². The molecule has 1 unspecified atom stereocenters. The van der Waals surface area contributed by atoms with Crippen molar-refractivity contribution in [3.05, 3.63) is 34.1 Å². The molecule has 96 valence electrons. The Bertz CT molecular complexity index is 506. The van der Waals surface area contributed by atoms with E-state index in [-0.39, 0.29) is 17.3 Å². The van der Waals surface area contributed by atoms with E-state index < -0.39 is 16.8 Å². The van der Waals surface area contributed by atoms with Crippen LogP contribution in [0.15, 0.2) is 18.2 Å². The minimum atomic E-state index is -0.703. The first kappa shape index (κ1) is 12.3. The number of amides is 1. The highest BCUT2D eigenvalue weighted by molar-refractivity contribution is 5.86. The van der Waals surface area contributed by atoms with Gasteiger partial charge in [0.25, 0.3) is 5.69 Å². The van der Waals surface area contributed by atoms with Crippen LogP contribution in [0.2, 0.25) is 0 Å². The number of halogens is 1. The van der Waals surface area contributed by atoms with Gasteiger partial charge in [0.05, 0.1) is 11.0 Å². The molecule has 0 radical (unpaired) electrons. The molecule has 0 saturated carbocycles. The Balaban J connectivity index is 2.19. The molecule has 1 atom stereocenters. The average Bonchev–Trinajstić information content (AvgIpc) is 2.60. The second-order valence-electron chi connectivity index (χ2n) is 4.20. The van der Waals surface area contributed by atoms with Crippen LogP contribution >= 0.6 is 0 Å². The van der Waals surface area contributed by atoms with Gasteiger partial charge in [-0.05, 0) is 12.5 Å². The predicted octanol–water partition coefficient (Wildman–Crippen LogP) is 1.38. The number of rotatable bonds is 3. The molecule has 1 aliphatic rings. The zero-order chi connectivity index (χ0) is 13.3. The number of hydrogen-bond acceptors (Lipinski definition) is 4. The number of carbonyl (C=O) groups is 1. The van der Waals surface area contributed by atoms with Gasteiger partial charge in [-0.25, -0.2) is 4.39 Å². The molecule has 0 spiro atoms. The average molecular weight is 253 g/mol. The van der Waals surface area contributed by atoms with E-state index in [9.17, 15) is 19.3 Å². The molecule has 1 aliphatic heterocycles. The first-order valence-corrected chi connectivity index (χ1v) is 5.44. The number of benzene rings is 1. The molecule has 1 heterocycles. The highest BCUT2D eigenvalue weighted by atomic mass is 19.1. The number of nitro benzene ring substituents is 1. The maximum absolute atomic E-state index is 13.2. The van der Waals surface area contributed by atoms with E-state index in [0.717, 1.165) is 12.1 Å². The molecule has 0 aromatic heterocycles. The molecule has 1 amide bonds. The van der Waals surface area contributed by atoms with Crippen molar-refractivity contribution >= 4 is 17.3 Å². The van der Waals surface area contributed by atoms with Gasteiger partial charge in [-0.3, -0.25) is 14.9 Å². The summed E-state index contributed by atoms with van der Waals surface area (Å²) in [7, 11) is 1.68. The van der Waals surface area contributed by atoms with Crippen LogP contribution in [0.5, 0.6) is 0 Å². The summed E-state index contributed by atoms with van der Waals surface area (Å²) in [5, 5.41) is 13.4. The fourth-order valence-corrected chi connectivity index (χ4v) is 1.92. The topological polar surface area (TPSA) is 75.5 Å². The lowest BCUT2D eigenvalue weighted by Crippen LogP contribution is -2.30. The molecule has 0 aliphatic carbocycles. The lowest BCUT2D eigenvalue weighted by molar-refractivity contribution is -0.385. The van der Waals surface area contributed by atoms with Gasteiger partial charge in [0.1, 0.15) is 11.9 Å². The van der Waals surface area contributed by atoms with Gasteiger partial charge >= 0.3 is 0 Å². The van der Waals surface area contributed by atoms with Crippen LogP contribution in [-0.4, -0.2) is 35.4 Å². The number of nitro groups is 1. The third-order valence-corrected chi connectivity index (χ3v) is 2.86. The van der Waals surface area contributed by atoms with Crippen molar-refractivity contribution in [2.45, 2.75) is 12.5 Å². The fraction of sp³-hybridized carbons (Fsp3) is 0.364. The smallest absolute Gasteiger partial charge is 0.274 e. The van der Waals surface area contributed by atoms with Gasteiger partial charge in [0.2, 0.25) is 5.91 Å². The Hall–Kier alpha value is -2.18. The first-order chi connectivity index (χ1) is 8.47. The molecule has 2 rings (SSSR count). The highest BCUT2D eigenvalue weighted by Crippen LogP contribution is 2.22. The molecule has 1 saturated heterocycles. The summed E-state index contributed by atoms with van der Waals surface area (Å²) in [6.45, 7) is 0.619. The van der Waals surface area contributed by atoms with Crippen molar-refractivity contribution in [2.24, 2.45) is 0 Å². The number of nitrogens with one attached hydrogen (secondary N) is 1. The number of likely N-dealkylation sites (N-methyl/N-ethyl adjacent to an activating group) is 1. The molecule has 1 aromatic carbocycles. The maximum Gasteiger partial charge on any atom is 0.274 e. The number of likely N-dealkylation sites (tertiary alicyclic amines) is 1. The summed E-state index contributed by atoms with van der Waals surface area (Å²) >= 11 is 0. The van der Waals surface area contributed by atoms with Crippen LogP contribution in [0.3, 0.4) is 0 Å². The SMILES string of the molecule is CN1CCC(Nc2cc(F)cc([N+](=O)[O-])c2)C1=O. The van der Waals surface area contributed by atoms with E-state index in [1.807, 2.05) is 0 Å². The number of non-ortho nitro benzene ring substituents is 1. The highest BCUT2D eigenvalue weighted by Gasteiger charge is 2.29. The molecule has 6 nitrogen and oxygen atoms in total. The van der Waals surface area contributed by atoms with Crippen molar-refractivity contribution in [1.82, 2.24) is 4.90 Å². The lowest BCUT2D eigenvalue weighted by Gasteiger charge is -2.13. The summed E-state index contributed by atoms with van der Waals surface area (Å²) in [5.74, 6) is -0.799. The zero-order valence-corrected chi connectivity index (χ0v) is 9.72. The Morgan fingerprint density at radius 1 is 1.50 bits per heavy atom. The van der Waals surface area contributed by atoms with Crippen LogP contribution in [0.25, 0.3) is 0 Å². The van der Waals surface area contributed by atoms with E-state index in [1.54, 1.807) is 11.9 Å². The van der Waals surface area contributed by atoms with E-state index in [4.69, 9.17) is 0 Å². The first-order valence-electron chi connectivity index (χ1n) is 5.44. The van der Waals surface area contributed by atoms with E-state index in [0.29, 0.717) is 13.0 Å². The monoisotopic (exact) mass is 253 g/mol. The standard InChI is InChI=1S/C11H12FN3O3/c1-14-3-2-10(11(14)16)13-8-4-7(12)5-9(6-8)15(17)18/h4-6,10,13H,2-3H2,1H3. The summed E-state index contributed by atoms with van der Waals surface area (Å²) in [4.78, 5) is 23.1. The summed E-state index contributed by atoms with van der Waals surface area (Å²) in [6.07, 6.45) is 0.597. The molecular weight excluding hydrogens is 241 g/mol. The van der Waals surface area contributed by atoms with E-state index >= 15 is 0 Å². The predicted molar refractivity (Wildman–Crippen MR) is 62.7 cm³/mol. The van der Waals surface area contributed by atoms with Crippen LogP contribution in [0.4, 0.5) is 15.8 Å². The van der Waals surface area contributed by atoms with Crippen molar-refractivity contribution in [2.75, 3.05) is 18.9 Å². The maximum atomic E-state index is 13.2. The molecule has 18 heavy (non-hydrogen) atoms. The number of nitrogens with zero attached hydrogens (tertiary/aromatic N) is 2. The van der Waals surface area contributed by atoms with Crippen molar-refractivity contribution in [3.63, 3.8) is 0 Å². The van der Waals surface area contributed by atoms with Gasteiger partial charge in [-0.2, -0.15) is 0 Å². The second kappa shape index (κ2) is 4.59. The van der Waals surface area contributed by atoms with Gasteiger partial charge in [0.15, 0.2) is 0 Å². The van der Waals surface area contributed by atoms with Crippen LogP contribution in [0.1, 0.15) is 6.42 Å². The quantitative estimate of drug-likeness (QED) is 0.652. The zero-order valence-electron chi connectivity index (χ0n) is 9.72. The summed E-state index contributed by atoms with van der Waals surface area (Å²) in [6, 6.07) is 2.75. The van der Waals surface area contributed by atoms with Crippen LogP contribution in [0, 0.1) is 15.9 Å². The third-order valence-electron chi connectivity index (χ3n) is 2.86. The van der Waals surface area contributed by atoms with Crippen molar-refractivity contribution in [3.8, 4) is 0 Å². The normalized spacial score (nSPS) is 19.1. The summed E-state index contributed by atoms with van der Waals surface area (Å²) in [5.41, 5.74) is -0.0911. The number of carbonyl (C=O) groups excluding carboxylic acids is 1. The van der Waals surface area contributed by atoms with E-state index in [1.165, 1.54) is 6.07 Å². The minimum absolute atomic E-state index is 0.0954. The molecule has 7 heteroatoms. The Morgan fingerprint density at radius 2 is 2.22 bits per heavy atom. The second-order valence-corrected chi connectivity index (χ2v) is 4.20. The van der Waals surface area contributed by atoms with Crippen molar-refractivity contribution < 1.29 is 14.1 Å². The Morgan fingerprint density at radius 3 is 2.78 bits per heavy atom. The van der Waals surface area contributed by atoms with Gasteiger partial charge in [0, 0.05) is 25.3 Å². The van der Waals surface area contributed by atoms with Crippen LogP contribution < -0.4 is 5.32 Å². The molecule has 1 aromatic rings. The molecule has 1 fully saturated rings. The minimum Gasteiger partial charge on any atom is -0.373 e. The van der Waals surface area contributed by atoms with Gasteiger partial charge in [-0.15, -0.1) is 0 Å². The summed E-state index contributed by atoms with van der Waals surface area (Å²) < 4.78 is 13.2. The molecular formula is C11H12FN3O3. The van der Waals surface area contributed by atoms with Crippen molar-refractivity contribution in [1.29, 1.82) is 0 Å². The molecule has 1 N–H and O–H groups in total. The largest absolute Gasteiger partial charge is 0.373 e. The fourth-order valence-electron chi connectivity index (χ4n) is 1.92. The molecule has 0 bridgehead atoms. The van der Waals surface area contributed by atoms with E-state index in [2.05, 4.69) is 5.32 Å². The van der Waals surface area contributed by atoms with Gasteiger partial charge < -0.3 is 10.2 Å². The number of anilines is 1. The third kappa shape index (κ3) is 2.39.